The lowest BCUT2D eigenvalue weighted by Crippen LogP contribution is -2.50. The molecule has 1 saturated heterocycles. The Balaban J connectivity index is 1.32. The minimum atomic E-state index is -3.87. The number of carbonyl (C=O) groups excluding carboxylic acids is 1. The van der Waals surface area contributed by atoms with Crippen molar-refractivity contribution in [2.75, 3.05) is 31.9 Å². The van der Waals surface area contributed by atoms with Crippen molar-refractivity contribution >= 4 is 33.4 Å². The number of amides is 1. The summed E-state index contributed by atoms with van der Waals surface area (Å²) in [6.45, 7) is 0.401. The summed E-state index contributed by atoms with van der Waals surface area (Å²) < 4.78 is 59.7. The molecular weight excluding hydrogens is 524 g/mol. The summed E-state index contributed by atoms with van der Waals surface area (Å²) in [6.07, 6.45) is -1.49. The molecule has 0 radical (unpaired) electrons. The summed E-state index contributed by atoms with van der Waals surface area (Å²) in [4.78, 5) is 24.2. The van der Waals surface area contributed by atoms with Crippen LogP contribution in [-0.4, -0.2) is 80.4 Å². The van der Waals surface area contributed by atoms with Crippen LogP contribution in [0.15, 0.2) is 45.0 Å². The van der Waals surface area contributed by atoms with E-state index in [4.69, 9.17) is 4.42 Å². The average molecular weight is 544 g/mol. The van der Waals surface area contributed by atoms with Crippen molar-refractivity contribution in [1.82, 2.24) is 29.2 Å². The lowest BCUT2D eigenvalue weighted by atomic mass is 10.2. The Morgan fingerprint density at radius 2 is 1.86 bits per heavy atom. The second-order valence-corrected chi connectivity index (χ2v) is 10.5. The van der Waals surface area contributed by atoms with E-state index in [1.165, 1.54) is 39.3 Å². The summed E-state index contributed by atoms with van der Waals surface area (Å²) in [5.41, 5.74) is -0.705. The molecule has 0 saturated carbocycles. The first-order chi connectivity index (χ1) is 17.1. The van der Waals surface area contributed by atoms with Crippen LogP contribution < -0.4 is 0 Å². The molecule has 0 atom stereocenters. The molecule has 0 aliphatic carbocycles. The highest BCUT2D eigenvalue weighted by molar-refractivity contribution is 7.99. The number of piperazine rings is 1. The molecule has 3 heterocycles. The smallest absolute Gasteiger partial charge is 0.282 e. The molecule has 36 heavy (non-hydrogen) atoms. The average Bonchev–Trinajstić information content (AvgIpc) is 3.49. The van der Waals surface area contributed by atoms with Gasteiger partial charge in [-0.1, -0.05) is 11.8 Å². The second kappa shape index (κ2) is 10.3. The largest absolute Gasteiger partial charge is 0.411 e. The standard InChI is InChI=1S/C19H19F2N7O6S2/c1-25-10-14(16(24-25)17(20)21)18-22-23-19(34-18)35-11-15(29)26-6-8-27(9-7-26)36(32,33)13-4-2-12(3-5-13)28(30)31/h2-5,10,17H,6-9,11H2,1H3. The number of nitro groups is 1. The molecule has 192 valence electrons. The molecule has 0 N–H and O–H groups in total. The van der Waals surface area contributed by atoms with E-state index in [-0.39, 0.29) is 65.1 Å². The van der Waals surface area contributed by atoms with Crippen molar-refractivity contribution in [2.24, 2.45) is 7.05 Å². The number of nitrogens with zero attached hydrogens (tertiary/aromatic N) is 7. The predicted molar refractivity (Wildman–Crippen MR) is 121 cm³/mol. The normalized spacial score (nSPS) is 14.9. The van der Waals surface area contributed by atoms with Crippen molar-refractivity contribution in [1.29, 1.82) is 0 Å². The number of carbonyl (C=O) groups is 1. The van der Waals surface area contributed by atoms with Gasteiger partial charge in [-0.3, -0.25) is 19.6 Å². The van der Waals surface area contributed by atoms with E-state index in [9.17, 15) is 32.1 Å². The molecule has 1 aromatic carbocycles. The van der Waals surface area contributed by atoms with Gasteiger partial charge in [0.05, 0.1) is 21.1 Å². The topological polar surface area (TPSA) is 158 Å². The Labute approximate surface area is 207 Å². The van der Waals surface area contributed by atoms with Crippen molar-refractivity contribution in [2.45, 2.75) is 16.5 Å². The molecule has 3 aromatic rings. The molecule has 13 nitrogen and oxygen atoms in total. The van der Waals surface area contributed by atoms with Crippen LogP contribution in [0.25, 0.3) is 11.5 Å². The number of hydrogen-bond acceptors (Lipinski definition) is 10. The molecule has 1 aliphatic rings. The van der Waals surface area contributed by atoms with Gasteiger partial charge in [-0.2, -0.15) is 9.40 Å². The van der Waals surface area contributed by atoms with Crippen LogP contribution in [0.5, 0.6) is 0 Å². The van der Waals surface area contributed by atoms with Crippen LogP contribution in [-0.2, 0) is 21.9 Å². The first kappa shape index (κ1) is 25.6. The number of nitro benzene ring substituents is 1. The highest BCUT2D eigenvalue weighted by Gasteiger charge is 2.31. The van der Waals surface area contributed by atoms with E-state index in [1.54, 1.807) is 0 Å². The Morgan fingerprint density at radius 1 is 1.19 bits per heavy atom. The van der Waals surface area contributed by atoms with Crippen molar-refractivity contribution in [3.63, 3.8) is 0 Å². The van der Waals surface area contributed by atoms with Crippen LogP contribution >= 0.6 is 11.8 Å². The number of aryl methyl sites for hydroxylation is 1. The van der Waals surface area contributed by atoms with Gasteiger partial charge in [-0.05, 0) is 12.1 Å². The summed E-state index contributed by atoms with van der Waals surface area (Å²) in [5, 5.41) is 22.0. The number of sulfonamides is 1. The minimum absolute atomic E-state index is 0.00327. The number of aromatic nitrogens is 4. The van der Waals surface area contributed by atoms with Gasteiger partial charge < -0.3 is 9.32 Å². The number of alkyl halides is 2. The van der Waals surface area contributed by atoms with Gasteiger partial charge in [-0.15, -0.1) is 10.2 Å². The fraction of sp³-hybridized carbons (Fsp3) is 0.368. The zero-order valence-corrected chi connectivity index (χ0v) is 20.3. The highest BCUT2D eigenvalue weighted by Crippen LogP contribution is 2.31. The molecule has 2 aromatic heterocycles. The molecule has 0 spiro atoms. The third-order valence-electron chi connectivity index (χ3n) is 5.30. The van der Waals surface area contributed by atoms with Crippen LogP contribution in [0, 0.1) is 10.1 Å². The number of halogens is 2. The van der Waals surface area contributed by atoms with Crippen LogP contribution in [0.1, 0.15) is 12.1 Å². The van der Waals surface area contributed by atoms with Crippen LogP contribution in [0.2, 0.25) is 0 Å². The van der Waals surface area contributed by atoms with E-state index in [0.29, 0.717) is 0 Å². The highest BCUT2D eigenvalue weighted by atomic mass is 32.2. The fourth-order valence-corrected chi connectivity index (χ4v) is 5.58. The Morgan fingerprint density at radius 3 is 2.47 bits per heavy atom. The monoisotopic (exact) mass is 543 g/mol. The minimum Gasteiger partial charge on any atom is -0.411 e. The van der Waals surface area contributed by atoms with Gasteiger partial charge >= 0.3 is 0 Å². The van der Waals surface area contributed by atoms with E-state index < -0.39 is 27.1 Å². The zero-order valence-electron chi connectivity index (χ0n) is 18.7. The Kier molecular flexibility index (Phi) is 7.32. The van der Waals surface area contributed by atoms with E-state index >= 15 is 0 Å². The Bertz CT molecular complexity index is 1370. The lowest BCUT2D eigenvalue weighted by Gasteiger charge is -2.33. The maximum absolute atomic E-state index is 13.1. The number of benzene rings is 1. The number of rotatable bonds is 8. The van der Waals surface area contributed by atoms with Crippen LogP contribution in [0.4, 0.5) is 14.5 Å². The molecule has 17 heteroatoms. The number of hydrogen-bond donors (Lipinski definition) is 0. The molecule has 0 bridgehead atoms. The third-order valence-corrected chi connectivity index (χ3v) is 8.01. The predicted octanol–water partition coefficient (Wildman–Crippen LogP) is 1.94. The van der Waals surface area contributed by atoms with Crippen molar-refractivity contribution in [3.8, 4) is 11.5 Å². The Hall–Kier alpha value is -3.44. The van der Waals surface area contributed by atoms with Crippen molar-refractivity contribution in [3.05, 3.63) is 46.3 Å². The van der Waals surface area contributed by atoms with Gasteiger partial charge in [0.1, 0.15) is 5.69 Å². The SMILES string of the molecule is Cn1cc(-c2nnc(SCC(=O)N3CCN(S(=O)(=O)c4ccc([N+](=O)[O-])cc4)CC3)o2)c(C(F)F)n1. The quantitative estimate of drug-likeness (QED) is 0.234. The molecule has 0 unspecified atom stereocenters. The van der Waals surface area contributed by atoms with Gasteiger partial charge in [-0.25, -0.2) is 17.2 Å². The van der Waals surface area contributed by atoms with Gasteiger partial charge in [0.15, 0.2) is 0 Å². The molecule has 1 fully saturated rings. The maximum Gasteiger partial charge on any atom is 0.282 e. The molecular formula is C19H19F2N7O6S2. The summed E-state index contributed by atoms with van der Waals surface area (Å²) in [7, 11) is -2.38. The number of non-ortho nitro benzene ring substituents is 1. The first-order valence-corrected chi connectivity index (χ1v) is 12.8. The van der Waals surface area contributed by atoms with Gasteiger partial charge in [0, 0.05) is 51.6 Å². The molecule has 1 aliphatic heterocycles. The third kappa shape index (κ3) is 5.36. The zero-order chi connectivity index (χ0) is 26.0. The van der Waals surface area contributed by atoms with Gasteiger partial charge in [0.2, 0.25) is 15.9 Å². The van der Waals surface area contributed by atoms with Crippen LogP contribution in [0.3, 0.4) is 0 Å². The lowest BCUT2D eigenvalue weighted by molar-refractivity contribution is -0.384. The number of thioether (sulfide) groups is 1. The second-order valence-electron chi connectivity index (χ2n) is 7.60. The first-order valence-electron chi connectivity index (χ1n) is 10.4. The fourth-order valence-electron chi connectivity index (χ4n) is 3.49. The summed E-state index contributed by atoms with van der Waals surface area (Å²) in [6, 6.07) is 4.59. The van der Waals surface area contributed by atoms with E-state index in [0.717, 1.165) is 23.9 Å². The maximum atomic E-state index is 13.1. The van der Waals surface area contributed by atoms with E-state index in [2.05, 4.69) is 15.3 Å². The van der Waals surface area contributed by atoms with Crippen molar-refractivity contribution < 1.29 is 31.3 Å². The van der Waals surface area contributed by atoms with E-state index in [1.807, 2.05) is 0 Å². The summed E-state index contributed by atoms with van der Waals surface area (Å²) >= 11 is 0.933. The molecule has 1 amide bonds. The van der Waals surface area contributed by atoms with Gasteiger partial charge in [0.25, 0.3) is 23.2 Å². The molecule has 4 rings (SSSR count). The summed E-state index contributed by atoms with van der Waals surface area (Å²) in [5.74, 6) is -0.508.